The first kappa shape index (κ1) is 16.6. The molecule has 0 bridgehead atoms. The van der Waals surface area contributed by atoms with Crippen molar-refractivity contribution in [3.63, 3.8) is 0 Å². The zero-order valence-corrected chi connectivity index (χ0v) is 13.9. The van der Waals surface area contributed by atoms with E-state index in [1.807, 2.05) is 19.1 Å². The molecule has 4 nitrogen and oxygen atoms in total. The van der Waals surface area contributed by atoms with Gasteiger partial charge in [0, 0.05) is 12.3 Å². The van der Waals surface area contributed by atoms with Crippen molar-refractivity contribution in [3.8, 4) is 0 Å². The summed E-state index contributed by atoms with van der Waals surface area (Å²) in [6, 6.07) is 0. The molecule has 0 aromatic rings. The average molecular weight is 311 g/mol. The zero-order chi connectivity index (χ0) is 15.6. The number of ether oxygens (including phenoxy) is 1. The van der Waals surface area contributed by atoms with Crippen LogP contribution in [0.3, 0.4) is 0 Å². The number of hydrogen-bond donors (Lipinski definition) is 1. The van der Waals surface area contributed by atoms with Crippen LogP contribution in [0.1, 0.15) is 33.6 Å². The van der Waals surface area contributed by atoms with Gasteiger partial charge in [-0.3, -0.25) is 14.5 Å². The van der Waals surface area contributed by atoms with Crippen LogP contribution in [0, 0.1) is 17.8 Å². The van der Waals surface area contributed by atoms with Crippen molar-refractivity contribution in [2.75, 3.05) is 12.3 Å². The number of fused-ring (bicyclic) bond motifs is 1. The Labute approximate surface area is 132 Å². The Kier molecular flexibility index (Phi) is 5.49. The van der Waals surface area contributed by atoms with E-state index in [4.69, 9.17) is 4.74 Å². The molecule has 0 aromatic carbocycles. The molecule has 118 valence electrons. The molecule has 0 N–H and O–H groups in total. The Morgan fingerprint density at radius 1 is 1.29 bits per heavy atom. The van der Waals surface area contributed by atoms with Crippen molar-refractivity contribution in [2.24, 2.45) is 17.8 Å². The summed E-state index contributed by atoms with van der Waals surface area (Å²) in [6.45, 7) is 6.62. The van der Waals surface area contributed by atoms with E-state index in [-0.39, 0.29) is 35.9 Å². The number of thiol groups is 1. The predicted molar refractivity (Wildman–Crippen MR) is 85.1 cm³/mol. The second-order valence-electron chi connectivity index (χ2n) is 6.24. The highest BCUT2D eigenvalue weighted by Crippen LogP contribution is 2.42. The number of rotatable bonds is 6. The molecule has 2 aliphatic rings. The molecular weight excluding hydrogens is 286 g/mol. The lowest BCUT2D eigenvalue weighted by Crippen LogP contribution is -2.37. The minimum atomic E-state index is -0.342. The van der Waals surface area contributed by atoms with Crippen LogP contribution < -0.4 is 0 Å². The maximum Gasteiger partial charge on any atom is 0.236 e. The Morgan fingerprint density at radius 3 is 2.52 bits per heavy atom. The Bertz CT molecular complexity index is 435. The molecule has 2 fully saturated rings. The summed E-state index contributed by atoms with van der Waals surface area (Å²) in [5.41, 5.74) is 0. The third-order valence-electron chi connectivity index (χ3n) is 4.31. The van der Waals surface area contributed by atoms with Crippen molar-refractivity contribution in [1.82, 2.24) is 4.90 Å². The van der Waals surface area contributed by atoms with E-state index in [0.29, 0.717) is 18.2 Å². The first-order chi connectivity index (χ1) is 10.0. The molecule has 2 amide bonds. The quantitative estimate of drug-likeness (QED) is 0.465. The van der Waals surface area contributed by atoms with Crippen molar-refractivity contribution in [2.45, 2.75) is 45.8 Å². The Balaban J connectivity index is 2.20. The van der Waals surface area contributed by atoms with Gasteiger partial charge in [0.05, 0.1) is 24.0 Å². The molecule has 2 saturated heterocycles. The third kappa shape index (κ3) is 3.19. The van der Waals surface area contributed by atoms with E-state index in [9.17, 15) is 9.59 Å². The second-order valence-corrected chi connectivity index (χ2v) is 6.69. The van der Waals surface area contributed by atoms with Crippen molar-refractivity contribution in [1.29, 1.82) is 0 Å². The van der Waals surface area contributed by atoms with Gasteiger partial charge in [0.1, 0.15) is 0 Å². The number of nitrogens with zero attached hydrogens (tertiary/aromatic N) is 1. The fourth-order valence-electron chi connectivity index (χ4n) is 3.30. The third-order valence-corrected chi connectivity index (χ3v) is 4.51. The number of likely N-dealkylation sites (tertiary alicyclic amines) is 1. The zero-order valence-electron chi connectivity index (χ0n) is 13.0. The summed E-state index contributed by atoms with van der Waals surface area (Å²) < 4.78 is 6.01. The predicted octanol–water partition coefficient (Wildman–Crippen LogP) is 2.30. The largest absolute Gasteiger partial charge is 0.369 e. The molecule has 0 aliphatic carbocycles. The topological polar surface area (TPSA) is 46.6 Å². The fraction of sp³-hybridized carbons (Fsp3) is 0.750. The molecule has 0 spiro atoms. The number of carbonyl (C=O) groups excluding carboxylic acids is 2. The lowest BCUT2D eigenvalue weighted by Gasteiger charge is -2.20. The summed E-state index contributed by atoms with van der Waals surface area (Å²) in [7, 11) is 0. The van der Waals surface area contributed by atoms with Gasteiger partial charge >= 0.3 is 0 Å². The van der Waals surface area contributed by atoms with Crippen LogP contribution in [0.2, 0.25) is 0 Å². The normalized spacial score (nSPS) is 32.7. The van der Waals surface area contributed by atoms with Crippen LogP contribution in [0.25, 0.3) is 0 Å². The van der Waals surface area contributed by atoms with Gasteiger partial charge in [-0.05, 0) is 25.7 Å². The van der Waals surface area contributed by atoms with Crippen LogP contribution >= 0.6 is 12.6 Å². The number of amides is 2. The van der Waals surface area contributed by atoms with Crippen LogP contribution in [-0.2, 0) is 14.3 Å². The standard InChI is InChI=1S/C16H25NO3S/c1-4-5-11-13-14(12(20-11)7-6-10(2)3)16(19)17(8-9-21)15(13)18/h4-5,10-14,21H,6-9H2,1-3H3/b5-4+. The number of carbonyl (C=O) groups is 2. The van der Waals surface area contributed by atoms with Gasteiger partial charge in [-0.25, -0.2) is 0 Å². The van der Waals surface area contributed by atoms with E-state index < -0.39 is 0 Å². The molecule has 2 heterocycles. The van der Waals surface area contributed by atoms with Crippen LogP contribution in [0.4, 0.5) is 0 Å². The van der Waals surface area contributed by atoms with Crippen LogP contribution in [-0.4, -0.2) is 41.2 Å². The smallest absolute Gasteiger partial charge is 0.236 e. The summed E-state index contributed by atoms with van der Waals surface area (Å²) in [4.78, 5) is 26.5. The minimum Gasteiger partial charge on any atom is -0.369 e. The summed E-state index contributed by atoms with van der Waals surface area (Å²) in [5.74, 6) is 0.258. The highest BCUT2D eigenvalue weighted by Gasteiger charge is 2.58. The minimum absolute atomic E-state index is 0.0696. The fourth-order valence-corrected chi connectivity index (χ4v) is 3.50. The SMILES string of the molecule is C/C=C/C1OC(CCC(C)C)C2C(=O)N(CCS)C(=O)C12. The molecule has 4 atom stereocenters. The molecule has 2 aliphatic heterocycles. The van der Waals surface area contributed by atoms with E-state index in [1.54, 1.807) is 0 Å². The van der Waals surface area contributed by atoms with Gasteiger partial charge in [0.15, 0.2) is 0 Å². The van der Waals surface area contributed by atoms with Gasteiger partial charge in [-0.1, -0.05) is 26.0 Å². The first-order valence-electron chi connectivity index (χ1n) is 7.75. The van der Waals surface area contributed by atoms with Gasteiger partial charge in [-0.15, -0.1) is 0 Å². The van der Waals surface area contributed by atoms with Crippen LogP contribution in [0.15, 0.2) is 12.2 Å². The van der Waals surface area contributed by atoms with Gasteiger partial charge in [0.2, 0.25) is 11.8 Å². The number of imide groups is 1. The van der Waals surface area contributed by atoms with Gasteiger partial charge in [-0.2, -0.15) is 12.6 Å². The Hall–Kier alpha value is -0.810. The summed E-state index contributed by atoms with van der Waals surface area (Å²) in [5, 5.41) is 0. The lowest BCUT2D eigenvalue weighted by molar-refractivity contribution is -0.142. The van der Waals surface area contributed by atoms with Crippen molar-refractivity contribution < 1.29 is 14.3 Å². The maximum absolute atomic E-state index is 12.6. The van der Waals surface area contributed by atoms with Crippen molar-refractivity contribution >= 4 is 24.4 Å². The van der Waals surface area contributed by atoms with E-state index >= 15 is 0 Å². The summed E-state index contributed by atoms with van der Waals surface area (Å²) in [6.07, 6.45) is 5.23. The molecule has 5 heteroatoms. The molecule has 2 rings (SSSR count). The van der Waals surface area contributed by atoms with Crippen LogP contribution in [0.5, 0.6) is 0 Å². The molecule has 0 aromatic heterocycles. The Morgan fingerprint density at radius 2 is 1.95 bits per heavy atom. The highest BCUT2D eigenvalue weighted by molar-refractivity contribution is 7.80. The molecular formula is C16H25NO3S. The number of allylic oxidation sites excluding steroid dienone is 1. The highest BCUT2D eigenvalue weighted by atomic mass is 32.1. The molecule has 21 heavy (non-hydrogen) atoms. The average Bonchev–Trinajstić information content (AvgIpc) is 2.90. The molecule has 0 saturated carbocycles. The molecule has 4 unspecified atom stereocenters. The monoisotopic (exact) mass is 311 g/mol. The maximum atomic E-state index is 12.6. The second kappa shape index (κ2) is 6.97. The van der Waals surface area contributed by atoms with Crippen molar-refractivity contribution in [3.05, 3.63) is 12.2 Å². The van der Waals surface area contributed by atoms with Gasteiger partial charge < -0.3 is 4.74 Å². The number of hydrogen-bond acceptors (Lipinski definition) is 4. The van der Waals surface area contributed by atoms with E-state index in [2.05, 4.69) is 26.5 Å². The van der Waals surface area contributed by atoms with Gasteiger partial charge in [0.25, 0.3) is 0 Å². The summed E-state index contributed by atoms with van der Waals surface area (Å²) >= 11 is 4.15. The molecule has 0 radical (unpaired) electrons. The lowest BCUT2D eigenvalue weighted by atomic mass is 9.86. The first-order valence-corrected chi connectivity index (χ1v) is 8.38. The van der Waals surface area contributed by atoms with E-state index in [0.717, 1.165) is 12.8 Å². The van der Waals surface area contributed by atoms with E-state index in [1.165, 1.54) is 4.90 Å².